The van der Waals surface area contributed by atoms with Gasteiger partial charge in [-0.2, -0.15) is 0 Å². The van der Waals surface area contributed by atoms with Crippen molar-refractivity contribution in [3.63, 3.8) is 0 Å². The molecule has 0 unspecified atom stereocenters. The smallest absolute Gasteiger partial charge is 0.356 e. The third kappa shape index (κ3) is 1.16. The molecule has 0 saturated carbocycles. The van der Waals surface area contributed by atoms with Gasteiger partial charge in [0.05, 0.1) is 18.6 Å². The van der Waals surface area contributed by atoms with E-state index in [0.717, 1.165) is 0 Å². The van der Waals surface area contributed by atoms with Gasteiger partial charge < -0.3 is 15.0 Å². The predicted molar refractivity (Wildman–Crippen MR) is 41.0 cm³/mol. The second kappa shape index (κ2) is 2.58. The number of carboxylic acids is 1. The summed E-state index contributed by atoms with van der Waals surface area (Å²) in [4.78, 5) is 25.2. The molecular formula is C7H7N3O3. The Labute approximate surface area is 73.2 Å². The molecule has 0 bridgehead atoms. The first-order valence-corrected chi connectivity index (χ1v) is 3.72. The fraction of sp³-hybridized carbons (Fsp3) is 0.286. The minimum absolute atomic E-state index is 0.0139. The lowest BCUT2D eigenvalue weighted by molar-refractivity contribution is -0.122. The molecule has 2 N–H and O–H groups in total. The SMILES string of the molecule is O=C1Cn2cnc(C(=O)O)c2CN1. The van der Waals surface area contributed by atoms with Gasteiger partial charge in [-0.25, -0.2) is 9.78 Å². The zero-order valence-electron chi connectivity index (χ0n) is 6.65. The quantitative estimate of drug-likeness (QED) is 0.594. The maximum Gasteiger partial charge on any atom is 0.356 e. The van der Waals surface area contributed by atoms with Gasteiger partial charge >= 0.3 is 5.97 Å². The molecule has 0 radical (unpaired) electrons. The summed E-state index contributed by atoms with van der Waals surface area (Å²) < 4.78 is 1.54. The van der Waals surface area contributed by atoms with Crippen molar-refractivity contribution in [2.45, 2.75) is 13.1 Å². The van der Waals surface area contributed by atoms with E-state index in [4.69, 9.17) is 5.11 Å². The summed E-state index contributed by atoms with van der Waals surface area (Å²) in [5, 5.41) is 11.3. The number of hydrogen-bond donors (Lipinski definition) is 2. The van der Waals surface area contributed by atoms with Crippen LogP contribution in [0.2, 0.25) is 0 Å². The number of imidazole rings is 1. The predicted octanol–water partition coefficient (Wildman–Crippen LogP) is -0.789. The van der Waals surface area contributed by atoms with Crippen LogP contribution in [-0.2, 0) is 17.9 Å². The molecule has 0 saturated heterocycles. The number of carboxylic acid groups (broad SMARTS) is 1. The summed E-state index contributed by atoms with van der Waals surface area (Å²) in [5.41, 5.74) is 0.562. The second-order valence-corrected chi connectivity index (χ2v) is 2.75. The molecule has 0 spiro atoms. The highest BCUT2D eigenvalue weighted by atomic mass is 16.4. The van der Waals surface area contributed by atoms with E-state index in [9.17, 15) is 9.59 Å². The van der Waals surface area contributed by atoms with Crippen LogP contribution in [0.15, 0.2) is 6.33 Å². The largest absolute Gasteiger partial charge is 0.476 e. The lowest BCUT2D eigenvalue weighted by Gasteiger charge is -2.15. The molecule has 0 fully saturated rings. The maximum atomic E-state index is 10.9. The first-order valence-electron chi connectivity index (χ1n) is 3.72. The van der Waals surface area contributed by atoms with E-state index in [1.165, 1.54) is 6.33 Å². The Balaban J connectivity index is 2.44. The third-order valence-corrected chi connectivity index (χ3v) is 1.92. The van der Waals surface area contributed by atoms with E-state index in [1.54, 1.807) is 4.57 Å². The minimum Gasteiger partial charge on any atom is -0.476 e. The number of carbonyl (C=O) groups is 2. The van der Waals surface area contributed by atoms with E-state index in [1.807, 2.05) is 0 Å². The number of rotatable bonds is 1. The summed E-state index contributed by atoms with van der Waals surface area (Å²) in [6, 6.07) is 0. The van der Waals surface area contributed by atoms with Crippen molar-refractivity contribution in [1.29, 1.82) is 0 Å². The zero-order valence-corrected chi connectivity index (χ0v) is 6.65. The molecule has 1 aliphatic rings. The highest BCUT2D eigenvalue weighted by Crippen LogP contribution is 2.10. The molecule has 0 atom stereocenters. The summed E-state index contributed by atoms with van der Waals surface area (Å²) in [5.74, 6) is -1.19. The lowest BCUT2D eigenvalue weighted by atomic mass is 10.2. The number of fused-ring (bicyclic) bond motifs is 1. The summed E-state index contributed by atoms with van der Waals surface area (Å²) in [6.45, 7) is 0.385. The van der Waals surface area contributed by atoms with Crippen LogP contribution in [0.25, 0.3) is 0 Å². The Hall–Kier alpha value is -1.85. The van der Waals surface area contributed by atoms with Crippen LogP contribution < -0.4 is 5.32 Å². The Kier molecular flexibility index (Phi) is 1.54. The standard InChI is InChI=1S/C7H7N3O3/c11-5-2-10-3-9-6(7(12)13)4(10)1-8-5/h3H,1-2H2,(H,8,11)(H,12,13). The molecule has 6 nitrogen and oxygen atoms in total. The van der Waals surface area contributed by atoms with Crippen LogP contribution >= 0.6 is 0 Å². The van der Waals surface area contributed by atoms with Crippen molar-refractivity contribution in [2.75, 3.05) is 0 Å². The number of carbonyl (C=O) groups excluding carboxylic acids is 1. The highest BCUT2D eigenvalue weighted by molar-refractivity contribution is 5.87. The van der Waals surface area contributed by atoms with Crippen LogP contribution in [0.1, 0.15) is 16.2 Å². The molecule has 68 valence electrons. The number of nitrogens with one attached hydrogen (secondary N) is 1. The van der Waals surface area contributed by atoms with E-state index >= 15 is 0 Å². The topological polar surface area (TPSA) is 84.2 Å². The molecule has 2 heterocycles. The van der Waals surface area contributed by atoms with Crippen LogP contribution in [0.3, 0.4) is 0 Å². The number of amides is 1. The fourth-order valence-corrected chi connectivity index (χ4v) is 1.30. The van der Waals surface area contributed by atoms with Crippen molar-refractivity contribution in [3.8, 4) is 0 Å². The maximum absolute atomic E-state index is 10.9. The van der Waals surface area contributed by atoms with E-state index in [2.05, 4.69) is 10.3 Å². The van der Waals surface area contributed by atoms with Gasteiger partial charge in [0, 0.05) is 0 Å². The Bertz CT molecular complexity index is 382. The van der Waals surface area contributed by atoms with Crippen LogP contribution in [0, 0.1) is 0 Å². The lowest BCUT2D eigenvalue weighted by Crippen LogP contribution is -2.34. The second-order valence-electron chi connectivity index (χ2n) is 2.75. The van der Waals surface area contributed by atoms with Gasteiger partial charge in [-0.15, -0.1) is 0 Å². The molecular weight excluding hydrogens is 174 g/mol. The zero-order chi connectivity index (χ0) is 9.42. The molecule has 0 aliphatic carbocycles. The molecule has 2 rings (SSSR count). The number of aromatic carboxylic acids is 1. The third-order valence-electron chi connectivity index (χ3n) is 1.92. The average molecular weight is 181 g/mol. The molecule has 1 aliphatic heterocycles. The molecule has 1 amide bonds. The van der Waals surface area contributed by atoms with Gasteiger partial charge in [-0.1, -0.05) is 0 Å². The van der Waals surface area contributed by atoms with Gasteiger partial charge in [0.2, 0.25) is 5.91 Å². The Morgan fingerprint density at radius 3 is 3.15 bits per heavy atom. The average Bonchev–Trinajstić information content (AvgIpc) is 2.46. The summed E-state index contributed by atoms with van der Waals surface area (Å²) in [7, 11) is 0. The van der Waals surface area contributed by atoms with Crippen molar-refractivity contribution >= 4 is 11.9 Å². The van der Waals surface area contributed by atoms with Gasteiger partial charge in [0.25, 0.3) is 0 Å². The van der Waals surface area contributed by atoms with Gasteiger partial charge in [0.15, 0.2) is 5.69 Å². The Morgan fingerprint density at radius 2 is 2.46 bits per heavy atom. The highest BCUT2D eigenvalue weighted by Gasteiger charge is 2.21. The number of hydrogen-bond acceptors (Lipinski definition) is 3. The summed E-state index contributed by atoms with van der Waals surface area (Å²) >= 11 is 0. The van der Waals surface area contributed by atoms with Gasteiger partial charge in [-0.05, 0) is 0 Å². The van der Waals surface area contributed by atoms with E-state index < -0.39 is 5.97 Å². The fourth-order valence-electron chi connectivity index (χ4n) is 1.30. The normalized spacial score (nSPS) is 14.9. The van der Waals surface area contributed by atoms with Crippen LogP contribution in [0.4, 0.5) is 0 Å². The first-order chi connectivity index (χ1) is 6.18. The van der Waals surface area contributed by atoms with Gasteiger partial charge in [-0.3, -0.25) is 4.79 Å². The van der Waals surface area contributed by atoms with Gasteiger partial charge in [0.1, 0.15) is 6.54 Å². The van der Waals surface area contributed by atoms with Crippen LogP contribution in [-0.4, -0.2) is 26.5 Å². The van der Waals surface area contributed by atoms with Crippen molar-refractivity contribution < 1.29 is 14.7 Å². The summed E-state index contributed by atoms with van der Waals surface area (Å²) in [6.07, 6.45) is 1.37. The molecule has 0 aromatic carbocycles. The van der Waals surface area contributed by atoms with E-state index in [-0.39, 0.29) is 24.7 Å². The molecule has 1 aromatic heterocycles. The van der Waals surface area contributed by atoms with Crippen molar-refractivity contribution in [3.05, 3.63) is 17.7 Å². The molecule has 13 heavy (non-hydrogen) atoms. The Morgan fingerprint density at radius 1 is 1.69 bits per heavy atom. The minimum atomic E-state index is -1.06. The van der Waals surface area contributed by atoms with Crippen molar-refractivity contribution in [2.24, 2.45) is 0 Å². The van der Waals surface area contributed by atoms with Crippen molar-refractivity contribution in [1.82, 2.24) is 14.9 Å². The molecule has 1 aromatic rings. The number of nitrogens with zero attached hydrogens (tertiary/aromatic N) is 2. The van der Waals surface area contributed by atoms with Crippen LogP contribution in [0.5, 0.6) is 0 Å². The van der Waals surface area contributed by atoms with E-state index in [0.29, 0.717) is 5.69 Å². The molecule has 6 heteroatoms. The first kappa shape index (κ1) is 7.78. The monoisotopic (exact) mass is 181 g/mol. The number of aromatic nitrogens is 2.